The van der Waals surface area contributed by atoms with E-state index in [9.17, 15) is 9.59 Å². The summed E-state index contributed by atoms with van der Waals surface area (Å²) in [6.07, 6.45) is 2.74. The third-order valence-electron chi connectivity index (χ3n) is 6.31. The number of methoxy groups -OCH3 is 1. The van der Waals surface area contributed by atoms with Crippen molar-refractivity contribution in [2.45, 2.75) is 39.4 Å². The number of nitrogens with zero attached hydrogens (tertiary/aromatic N) is 3. The highest BCUT2D eigenvalue weighted by atomic mass is 35.5. The lowest BCUT2D eigenvalue weighted by molar-refractivity contribution is -0.144. The Labute approximate surface area is 224 Å². The number of aromatic nitrogens is 1. The zero-order valence-electron chi connectivity index (χ0n) is 21.8. The number of carbonyl (C=O) groups excluding carboxylic acids is 2. The first-order valence-corrected chi connectivity index (χ1v) is 12.9. The van der Waals surface area contributed by atoms with Gasteiger partial charge in [0.25, 0.3) is 5.91 Å². The largest absolute Gasteiger partial charge is 0.484 e. The lowest BCUT2D eigenvalue weighted by atomic mass is 10.2. The number of halogens is 1. The van der Waals surface area contributed by atoms with Crippen LogP contribution in [0.5, 0.6) is 5.75 Å². The van der Waals surface area contributed by atoms with E-state index in [2.05, 4.69) is 16.7 Å². The van der Waals surface area contributed by atoms with Crippen LogP contribution in [0.1, 0.15) is 31.5 Å². The molecule has 37 heavy (non-hydrogen) atoms. The van der Waals surface area contributed by atoms with Crippen molar-refractivity contribution < 1.29 is 19.1 Å². The molecule has 7 nitrogen and oxygen atoms in total. The van der Waals surface area contributed by atoms with E-state index in [1.54, 1.807) is 41.2 Å². The summed E-state index contributed by atoms with van der Waals surface area (Å²) in [5.41, 5.74) is 2.20. The number of carbonyl (C=O) groups is 2. The maximum atomic E-state index is 13.5. The second-order valence-corrected chi connectivity index (χ2v) is 9.38. The van der Waals surface area contributed by atoms with Crippen LogP contribution >= 0.6 is 11.6 Å². The van der Waals surface area contributed by atoms with Crippen LogP contribution in [0.15, 0.2) is 72.9 Å². The highest BCUT2D eigenvalue weighted by molar-refractivity contribution is 6.30. The maximum absolute atomic E-state index is 13.5. The van der Waals surface area contributed by atoms with Gasteiger partial charge in [-0.25, -0.2) is 0 Å². The van der Waals surface area contributed by atoms with Gasteiger partial charge in [-0.1, -0.05) is 48.9 Å². The Kier molecular flexibility index (Phi) is 11.0. The summed E-state index contributed by atoms with van der Waals surface area (Å²) in [4.78, 5) is 30.0. The van der Waals surface area contributed by atoms with Gasteiger partial charge in [0.1, 0.15) is 12.3 Å². The smallest absolute Gasteiger partial charge is 0.261 e. The molecule has 0 radical (unpaired) electrons. The van der Waals surface area contributed by atoms with Crippen LogP contribution in [-0.4, -0.2) is 65.6 Å². The van der Waals surface area contributed by atoms with E-state index in [-0.39, 0.29) is 31.0 Å². The van der Waals surface area contributed by atoms with E-state index in [1.165, 1.54) is 5.56 Å². The van der Waals surface area contributed by atoms with Gasteiger partial charge in [0, 0.05) is 43.2 Å². The number of hydrogen-bond donors (Lipinski definition) is 0. The number of rotatable bonds is 14. The van der Waals surface area contributed by atoms with Crippen LogP contribution in [0.25, 0.3) is 0 Å². The highest BCUT2D eigenvalue weighted by Crippen LogP contribution is 2.16. The van der Waals surface area contributed by atoms with Gasteiger partial charge in [-0.05, 0) is 55.3 Å². The van der Waals surface area contributed by atoms with Crippen LogP contribution < -0.4 is 4.74 Å². The number of ether oxygens (including phenoxy) is 2. The van der Waals surface area contributed by atoms with Crippen molar-refractivity contribution in [1.29, 1.82) is 0 Å². The average molecular weight is 526 g/mol. The summed E-state index contributed by atoms with van der Waals surface area (Å²) in [7, 11) is 1.61. The van der Waals surface area contributed by atoms with Gasteiger partial charge in [0.2, 0.25) is 5.91 Å². The molecule has 198 valence electrons. The molecule has 0 saturated carbocycles. The SMILES string of the molecule is CCC(C)N(CC(=O)N(CCOC)Cc1cccn1Cc1ccccc1)C(=O)COc1ccc(Cl)cc1. The molecule has 1 heterocycles. The molecule has 3 rings (SSSR count). The summed E-state index contributed by atoms with van der Waals surface area (Å²) in [6, 6.07) is 20.9. The zero-order chi connectivity index (χ0) is 26.6. The summed E-state index contributed by atoms with van der Waals surface area (Å²) in [5, 5.41) is 0.594. The molecule has 0 aliphatic carbocycles. The Morgan fingerprint density at radius 3 is 2.41 bits per heavy atom. The van der Waals surface area contributed by atoms with Crippen LogP contribution in [0.3, 0.4) is 0 Å². The van der Waals surface area contributed by atoms with Gasteiger partial charge in [-0.3, -0.25) is 9.59 Å². The summed E-state index contributed by atoms with van der Waals surface area (Å²) < 4.78 is 13.1. The quantitative estimate of drug-likeness (QED) is 0.301. The van der Waals surface area contributed by atoms with Crippen molar-refractivity contribution in [1.82, 2.24) is 14.4 Å². The van der Waals surface area contributed by atoms with Crippen molar-refractivity contribution in [3.63, 3.8) is 0 Å². The van der Waals surface area contributed by atoms with Crippen molar-refractivity contribution in [2.75, 3.05) is 33.4 Å². The van der Waals surface area contributed by atoms with E-state index >= 15 is 0 Å². The second-order valence-electron chi connectivity index (χ2n) is 8.94. The molecule has 0 spiro atoms. The lowest BCUT2D eigenvalue weighted by Crippen LogP contribution is -2.48. The summed E-state index contributed by atoms with van der Waals surface area (Å²) in [6.45, 7) is 5.73. The fraction of sp³-hybridized carbons (Fsp3) is 0.379. The van der Waals surface area contributed by atoms with Crippen LogP contribution in [0.2, 0.25) is 5.02 Å². The first-order chi connectivity index (χ1) is 17.9. The minimum absolute atomic E-state index is 0.0269. The molecule has 3 aromatic rings. The maximum Gasteiger partial charge on any atom is 0.261 e. The Bertz CT molecular complexity index is 1120. The molecule has 1 aromatic heterocycles. The van der Waals surface area contributed by atoms with E-state index < -0.39 is 0 Å². The van der Waals surface area contributed by atoms with Gasteiger partial charge in [0.15, 0.2) is 6.61 Å². The Balaban J connectivity index is 1.69. The van der Waals surface area contributed by atoms with E-state index in [0.717, 1.165) is 18.7 Å². The van der Waals surface area contributed by atoms with E-state index in [4.69, 9.17) is 21.1 Å². The molecular weight excluding hydrogens is 490 g/mol. The standard InChI is InChI=1S/C29H36ClN3O4/c1-4-23(2)33(29(35)22-37-27-14-12-25(30)13-15-27)21-28(34)32(17-18-36-3)20-26-11-8-16-31(26)19-24-9-6-5-7-10-24/h5-16,23H,4,17-22H2,1-3H3. The Morgan fingerprint density at radius 2 is 1.73 bits per heavy atom. The predicted molar refractivity (Wildman–Crippen MR) is 146 cm³/mol. The van der Waals surface area contributed by atoms with Crippen molar-refractivity contribution in [3.05, 3.63) is 89.2 Å². The van der Waals surface area contributed by atoms with Crippen molar-refractivity contribution in [3.8, 4) is 5.75 Å². The average Bonchev–Trinajstić information content (AvgIpc) is 3.35. The minimum atomic E-state index is -0.239. The normalized spacial score (nSPS) is 11.7. The fourth-order valence-corrected chi connectivity index (χ4v) is 4.06. The number of hydrogen-bond acceptors (Lipinski definition) is 4. The van der Waals surface area contributed by atoms with Gasteiger partial charge in [-0.15, -0.1) is 0 Å². The summed E-state index contributed by atoms with van der Waals surface area (Å²) >= 11 is 5.93. The Morgan fingerprint density at radius 1 is 1.00 bits per heavy atom. The Hall–Kier alpha value is -3.29. The van der Waals surface area contributed by atoms with Crippen molar-refractivity contribution in [2.24, 2.45) is 0 Å². The fourth-order valence-electron chi connectivity index (χ4n) is 3.93. The van der Waals surface area contributed by atoms with Crippen LogP contribution in [-0.2, 0) is 27.4 Å². The third kappa shape index (κ3) is 8.65. The van der Waals surface area contributed by atoms with Crippen LogP contribution in [0.4, 0.5) is 0 Å². The van der Waals surface area contributed by atoms with Gasteiger partial charge in [-0.2, -0.15) is 0 Å². The highest BCUT2D eigenvalue weighted by Gasteiger charge is 2.25. The molecule has 1 atom stereocenters. The molecular formula is C29H36ClN3O4. The van der Waals surface area contributed by atoms with E-state index in [1.807, 2.05) is 50.4 Å². The van der Waals surface area contributed by atoms with E-state index in [0.29, 0.717) is 30.5 Å². The van der Waals surface area contributed by atoms with Crippen molar-refractivity contribution >= 4 is 23.4 Å². The molecule has 0 aliphatic rings. The molecule has 0 bridgehead atoms. The third-order valence-corrected chi connectivity index (χ3v) is 6.57. The molecule has 0 saturated heterocycles. The molecule has 0 aliphatic heterocycles. The van der Waals surface area contributed by atoms with Gasteiger partial charge >= 0.3 is 0 Å². The monoisotopic (exact) mass is 525 g/mol. The number of amides is 2. The minimum Gasteiger partial charge on any atom is -0.484 e. The first-order valence-electron chi connectivity index (χ1n) is 12.5. The molecule has 2 aromatic carbocycles. The van der Waals surface area contributed by atoms with Gasteiger partial charge in [0.05, 0.1) is 13.2 Å². The summed E-state index contributed by atoms with van der Waals surface area (Å²) in [5.74, 6) is 0.176. The molecule has 0 fully saturated rings. The first kappa shape index (κ1) is 28.3. The second kappa shape index (κ2) is 14.4. The molecule has 1 unspecified atom stereocenters. The molecule has 2 amide bonds. The zero-order valence-corrected chi connectivity index (χ0v) is 22.6. The lowest BCUT2D eigenvalue weighted by Gasteiger charge is -2.31. The topological polar surface area (TPSA) is 64.0 Å². The number of benzene rings is 2. The van der Waals surface area contributed by atoms with Gasteiger partial charge < -0.3 is 23.8 Å². The van der Waals surface area contributed by atoms with Crippen LogP contribution in [0, 0.1) is 0 Å². The predicted octanol–water partition coefficient (Wildman–Crippen LogP) is 4.87. The molecule has 0 N–H and O–H groups in total. The molecule has 8 heteroatoms.